The number of aromatic nitrogens is 3. The zero-order chi connectivity index (χ0) is 24.5. The molecule has 0 spiro atoms. The molecule has 2 aromatic heterocycles. The maximum Gasteiger partial charge on any atom is 0.305 e. The molecule has 34 heavy (non-hydrogen) atoms. The summed E-state index contributed by atoms with van der Waals surface area (Å²) < 4.78 is 17.9. The van der Waals surface area contributed by atoms with Crippen LogP contribution in [-0.4, -0.2) is 46.5 Å². The van der Waals surface area contributed by atoms with Crippen LogP contribution in [0.2, 0.25) is 10.0 Å². The maximum atomic E-state index is 11.7. The molecule has 1 aromatic carbocycles. The van der Waals surface area contributed by atoms with Crippen LogP contribution in [0.5, 0.6) is 5.88 Å². The molecule has 0 saturated carbocycles. The summed E-state index contributed by atoms with van der Waals surface area (Å²) in [5.74, 6) is -0.208. The fraction of sp³-hybridized carbons (Fsp3) is 0.333. The molecule has 0 radical (unpaired) electrons. The Kier molecular flexibility index (Phi) is 9.30. The minimum absolute atomic E-state index is 0.148. The van der Waals surface area contributed by atoms with Gasteiger partial charge in [0, 0.05) is 43.3 Å². The Morgan fingerprint density at radius 3 is 2.59 bits per heavy atom. The van der Waals surface area contributed by atoms with E-state index in [0.717, 1.165) is 11.1 Å². The molecule has 3 aromatic rings. The standard InChI is InChI=1S/C24H25Cl2N3O5/c1-3-32-22(31)7-5-12-34-24-19(10-13-33-16(2)30)23(17-6-4-11-27-15-17)28-29(24)18-8-9-20(25)21(26)14-18/h4,6,8-9,11,14-15H,3,5,7,10,12-13H2,1-2H3. The Bertz CT molecular complexity index is 1140. The molecule has 0 aliphatic rings. The highest BCUT2D eigenvalue weighted by molar-refractivity contribution is 6.42. The van der Waals surface area contributed by atoms with E-state index in [-0.39, 0.29) is 31.6 Å². The topological polar surface area (TPSA) is 92.5 Å². The minimum atomic E-state index is -0.378. The van der Waals surface area contributed by atoms with Crippen molar-refractivity contribution in [3.63, 3.8) is 0 Å². The Hall–Kier alpha value is -3.10. The summed E-state index contributed by atoms with van der Waals surface area (Å²) in [6.07, 6.45) is 4.41. The van der Waals surface area contributed by atoms with Gasteiger partial charge in [0.15, 0.2) is 0 Å². The van der Waals surface area contributed by atoms with Crippen molar-refractivity contribution in [1.82, 2.24) is 14.8 Å². The summed E-state index contributed by atoms with van der Waals surface area (Å²) in [6, 6.07) is 8.83. The van der Waals surface area contributed by atoms with Gasteiger partial charge in [-0.15, -0.1) is 0 Å². The second kappa shape index (κ2) is 12.4. The van der Waals surface area contributed by atoms with Crippen LogP contribution in [0, 0.1) is 0 Å². The zero-order valence-corrected chi connectivity index (χ0v) is 20.4. The van der Waals surface area contributed by atoms with Crippen LogP contribution >= 0.6 is 23.2 Å². The van der Waals surface area contributed by atoms with Crippen molar-refractivity contribution in [2.45, 2.75) is 33.1 Å². The van der Waals surface area contributed by atoms with E-state index in [0.29, 0.717) is 46.8 Å². The highest BCUT2D eigenvalue weighted by Crippen LogP contribution is 2.35. The molecule has 10 heteroatoms. The van der Waals surface area contributed by atoms with Crippen LogP contribution in [-0.2, 0) is 25.5 Å². The first kappa shape index (κ1) is 25.5. The number of halogens is 2. The molecule has 0 bridgehead atoms. The number of hydrogen-bond acceptors (Lipinski definition) is 7. The lowest BCUT2D eigenvalue weighted by molar-refractivity contribution is -0.143. The van der Waals surface area contributed by atoms with Gasteiger partial charge in [-0.3, -0.25) is 14.6 Å². The number of esters is 2. The molecule has 0 saturated heterocycles. The fourth-order valence-corrected chi connectivity index (χ4v) is 3.54. The van der Waals surface area contributed by atoms with Gasteiger partial charge in [-0.25, -0.2) is 4.68 Å². The molecule has 3 rings (SSSR count). The molecule has 0 aliphatic carbocycles. The minimum Gasteiger partial charge on any atom is -0.477 e. The number of benzene rings is 1. The monoisotopic (exact) mass is 505 g/mol. The van der Waals surface area contributed by atoms with E-state index in [4.69, 9.17) is 42.5 Å². The van der Waals surface area contributed by atoms with E-state index >= 15 is 0 Å². The van der Waals surface area contributed by atoms with E-state index in [9.17, 15) is 9.59 Å². The molecule has 180 valence electrons. The largest absolute Gasteiger partial charge is 0.477 e. The molecule has 8 nitrogen and oxygen atoms in total. The van der Waals surface area contributed by atoms with Crippen molar-refractivity contribution >= 4 is 35.1 Å². The molecular formula is C24H25Cl2N3O5. The second-order valence-corrected chi connectivity index (χ2v) is 8.05. The van der Waals surface area contributed by atoms with Gasteiger partial charge >= 0.3 is 11.9 Å². The van der Waals surface area contributed by atoms with Gasteiger partial charge < -0.3 is 14.2 Å². The molecule has 0 atom stereocenters. The van der Waals surface area contributed by atoms with Crippen LogP contribution in [0.4, 0.5) is 0 Å². The normalized spacial score (nSPS) is 10.7. The van der Waals surface area contributed by atoms with Crippen LogP contribution in [0.25, 0.3) is 16.9 Å². The molecular weight excluding hydrogens is 481 g/mol. The smallest absolute Gasteiger partial charge is 0.305 e. The van der Waals surface area contributed by atoms with E-state index in [1.165, 1.54) is 6.92 Å². The Balaban J connectivity index is 2.01. The fourth-order valence-electron chi connectivity index (χ4n) is 3.25. The van der Waals surface area contributed by atoms with Crippen LogP contribution in [0.1, 0.15) is 32.3 Å². The predicted octanol–water partition coefficient (Wildman–Crippen LogP) is 5.07. The number of rotatable bonds is 11. The third-order valence-corrected chi connectivity index (χ3v) is 5.48. The lowest BCUT2D eigenvalue weighted by Gasteiger charge is -2.12. The van der Waals surface area contributed by atoms with Gasteiger partial charge in [-0.1, -0.05) is 23.2 Å². The Labute approximate surface area is 207 Å². The highest BCUT2D eigenvalue weighted by atomic mass is 35.5. The van der Waals surface area contributed by atoms with Gasteiger partial charge in [0.2, 0.25) is 5.88 Å². The second-order valence-electron chi connectivity index (χ2n) is 7.23. The van der Waals surface area contributed by atoms with E-state index in [1.54, 1.807) is 42.2 Å². The lowest BCUT2D eigenvalue weighted by atomic mass is 10.1. The average Bonchev–Trinajstić information content (AvgIpc) is 3.17. The van der Waals surface area contributed by atoms with Gasteiger partial charge in [0.1, 0.15) is 5.69 Å². The van der Waals surface area contributed by atoms with Crippen molar-refractivity contribution < 1.29 is 23.8 Å². The van der Waals surface area contributed by atoms with Gasteiger partial charge in [0.05, 0.1) is 35.6 Å². The van der Waals surface area contributed by atoms with Crippen molar-refractivity contribution in [2.75, 3.05) is 19.8 Å². The molecule has 0 unspecified atom stereocenters. The summed E-state index contributed by atoms with van der Waals surface area (Å²) in [4.78, 5) is 27.2. The van der Waals surface area contributed by atoms with Gasteiger partial charge in [-0.2, -0.15) is 5.10 Å². The molecule has 0 fully saturated rings. The number of hydrogen-bond donors (Lipinski definition) is 0. The summed E-state index contributed by atoms with van der Waals surface area (Å²) >= 11 is 12.4. The number of nitrogens with zero attached hydrogens (tertiary/aromatic N) is 3. The van der Waals surface area contributed by atoms with E-state index < -0.39 is 0 Å². The predicted molar refractivity (Wildman–Crippen MR) is 129 cm³/mol. The summed E-state index contributed by atoms with van der Waals surface area (Å²) in [5, 5.41) is 5.56. The average molecular weight is 506 g/mol. The SMILES string of the molecule is CCOC(=O)CCCOc1c(CCOC(C)=O)c(-c2cccnc2)nn1-c1ccc(Cl)c(Cl)c1. The van der Waals surface area contributed by atoms with E-state index in [2.05, 4.69) is 4.98 Å². The van der Waals surface area contributed by atoms with Crippen molar-refractivity contribution in [3.05, 3.63) is 58.3 Å². The molecule has 0 N–H and O–H groups in total. The summed E-state index contributed by atoms with van der Waals surface area (Å²) in [5.41, 5.74) is 2.78. The number of carbonyl (C=O) groups is 2. The summed E-state index contributed by atoms with van der Waals surface area (Å²) in [6.45, 7) is 3.85. The number of carbonyl (C=O) groups excluding carboxylic acids is 2. The van der Waals surface area contributed by atoms with Crippen molar-refractivity contribution in [3.8, 4) is 22.8 Å². The third kappa shape index (κ3) is 6.71. The van der Waals surface area contributed by atoms with Crippen LogP contribution in [0.3, 0.4) is 0 Å². The lowest BCUT2D eigenvalue weighted by Crippen LogP contribution is -2.10. The van der Waals surface area contributed by atoms with Crippen LogP contribution < -0.4 is 4.74 Å². The van der Waals surface area contributed by atoms with Crippen molar-refractivity contribution in [1.29, 1.82) is 0 Å². The van der Waals surface area contributed by atoms with Gasteiger partial charge in [-0.05, 0) is 43.7 Å². The molecule has 2 heterocycles. The first-order valence-electron chi connectivity index (χ1n) is 10.8. The number of pyridine rings is 1. The van der Waals surface area contributed by atoms with Crippen LogP contribution in [0.15, 0.2) is 42.7 Å². The van der Waals surface area contributed by atoms with E-state index in [1.807, 2.05) is 12.1 Å². The Morgan fingerprint density at radius 1 is 1.09 bits per heavy atom. The van der Waals surface area contributed by atoms with Crippen molar-refractivity contribution in [2.24, 2.45) is 0 Å². The highest BCUT2D eigenvalue weighted by Gasteiger charge is 2.23. The zero-order valence-electron chi connectivity index (χ0n) is 18.9. The first-order chi connectivity index (χ1) is 16.4. The third-order valence-electron chi connectivity index (χ3n) is 4.75. The quantitative estimate of drug-likeness (QED) is 0.265. The number of ether oxygens (including phenoxy) is 3. The molecule has 0 aliphatic heterocycles. The first-order valence-corrected chi connectivity index (χ1v) is 11.6. The van der Waals surface area contributed by atoms with Gasteiger partial charge in [0.25, 0.3) is 0 Å². The molecule has 0 amide bonds. The summed E-state index contributed by atoms with van der Waals surface area (Å²) in [7, 11) is 0. The Morgan fingerprint density at radius 2 is 1.91 bits per heavy atom. The maximum absolute atomic E-state index is 11.7.